The quantitative estimate of drug-likeness (QED) is 0.130. The van der Waals surface area contributed by atoms with Crippen LogP contribution >= 0.6 is 0 Å². The normalized spacial score (nSPS) is 22.1. The Labute approximate surface area is 236 Å². The number of hydrogen-bond donors (Lipinski definition) is 1. The van der Waals surface area contributed by atoms with Gasteiger partial charge in [-0.05, 0) is 41.8 Å². The van der Waals surface area contributed by atoms with Gasteiger partial charge in [0, 0.05) is 17.8 Å². The fraction of sp³-hybridized carbons (Fsp3) is 0.806. The number of aliphatic hydroxyl groups excluding tert-OH is 1. The van der Waals surface area contributed by atoms with Gasteiger partial charge >= 0.3 is 0 Å². The number of rotatable bonds is 20. The summed E-state index contributed by atoms with van der Waals surface area (Å²) < 4.78 is 26.8. The molecular formula is C31H58O5Si2. The molecular weight excluding hydrogens is 509 g/mol. The van der Waals surface area contributed by atoms with Crippen molar-refractivity contribution in [2.45, 2.75) is 130 Å². The third-order valence-electron chi connectivity index (χ3n) is 9.57. The maximum atomic E-state index is 9.76. The third-order valence-corrected chi connectivity index (χ3v) is 18.8. The smallest absolute Gasteiger partial charge is 0.192 e. The van der Waals surface area contributed by atoms with Gasteiger partial charge < -0.3 is 23.4 Å². The van der Waals surface area contributed by atoms with Crippen molar-refractivity contribution in [3.63, 3.8) is 0 Å². The van der Waals surface area contributed by atoms with Gasteiger partial charge in [-0.3, -0.25) is 0 Å². The summed E-state index contributed by atoms with van der Waals surface area (Å²) in [6, 6.07) is 17.1. The van der Waals surface area contributed by atoms with Crippen molar-refractivity contribution in [3.8, 4) is 0 Å². The fourth-order valence-corrected chi connectivity index (χ4v) is 12.2. The van der Waals surface area contributed by atoms with Crippen LogP contribution in [0.5, 0.6) is 0 Å². The molecule has 1 aliphatic rings. The molecule has 7 atom stereocenters. The van der Waals surface area contributed by atoms with E-state index in [0.29, 0.717) is 13.2 Å². The van der Waals surface area contributed by atoms with Gasteiger partial charge in [0.2, 0.25) is 0 Å². The third kappa shape index (κ3) is 8.72. The van der Waals surface area contributed by atoms with E-state index in [1.165, 1.54) is 5.56 Å². The lowest BCUT2D eigenvalue weighted by Gasteiger charge is -2.45. The first-order valence-electron chi connectivity index (χ1n) is 15.4. The van der Waals surface area contributed by atoms with E-state index in [-0.39, 0.29) is 48.8 Å². The number of epoxide rings is 1. The van der Waals surface area contributed by atoms with Gasteiger partial charge in [0.25, 0.3) is 0 Å². The molecule has 2 rings (SSSR count). The molecule has 1 aliphatic heterocycles. The van der Waals surface area contributed by atoms with Crippen LogP contribution in [0.15, 0.2) is 30.3 Å². The van der Waals surface area contributed by atoms with E-state index in [4.69, 9.17) is 18.3 Å². The van der Waals surface area contributed by atoms with Crippen molar-refractivity contribution >= 4 is 16.6 Å². The molecule has 0 aromatic heterocycles. The second-order valence-corrected chi connectivity index (χ2v) is 21.1. The zero-order valence-corrected chi connectivity index (χ0v) is 27.9. The minimum absolute atomic E-state index is 0.0295. The minimum atomic E-state index is -1.88. The minimum Gasteiger partial charge on any atom is -0.413 e. The van der Waals surface area contributed by atoms with Crippen LogP contribution in [0.2, 0.25) is 36.3 Å². The molecule has 1 aromatic carbocycles. The molecule has 38 heavy (non-hydrogen) atoms. The van der Waals surface area contributed by atoms with Crippen LogP contribution in [0.25, 0.3) is 0 Å². The Bertz CT molecular complexity index is 754. The molecule has 1 aromatic rings. The van der Waals surface area contributed by atoms with E-state index in [2.05, 4.69) is 86.6 Å². The van der Waals surface area contributed by atoms with E-state index in [0.717, 1.165) is 36.3 Å². The molecule has 1 heterocycles. The molecule has 1 fully saturated rings. The number of hydrogen-bond acceptors (Lipinski definition) is 5. The van der Waals surface area contributed by atoms with E-state index in [1.807, 2.05) is 6.07 Å². The van der Waals surface area contributed by atoms with Gasteiger partial charge in [-0.15, -0.1) is 0 Å². The topological polar surface area (TPSA) is 60.5 Å². The zero-order chi connectivity index (χ0) is 28.3. The largest absolute Gasteiger partial charge is 0.413 e. The van der Waals surface area contributed by atoms with E-state index >= 15 is 0 Å². The Morgan fingerprint density at radius 1 is 0.789 bits per heavy atom. The molecule has 0 radical (unpaired) electrons. The summed E-state index contributed by atoms with van der Waals surface area (Å²) in [4.78, 5) is 0. The molecule has 1 N–H and O–H groups in total. The lowest BCUT2D eigenvalue weighted by molar-refractivity contribution is -0.0399. The van der Waals surface area contributed by atoms with Crippen LogP contribution in [-0.4, -0.2) is 59.4 Å². The first-order chi connectivity index (χ1) is 18.2. The van der Waals surface area contributed by atoms with Crippen LogP contribution < -0.4 is 0 Å². The first kappa shape index (κ1) is 33.7. The van der Waals surface area contributed by atoms with Gasteiger partial charge in [-0.1, -0.05) is 92.6 Å². The molecule has 0 amide bonds. The van der Waals surface area contributed by atoms with Crippen molar-refractivity contribution < 1.29 is 23.4 Å². The molecule has 0 aliphatic carbocycles. The van der Waals surface area contributed by atoms with Gasteiger partial charge in [0.05, 0.1) is 38.1 Å². The molecule has 0 bridgehead atoms. The molecule has 0 saturated carbocycles. The Balaban J connectivity index is 2.35. The molecule has 0 unspecified atom stereocenters. The van der Waals surface area contributed by atoms with Gasteiger partial charge in [-0.2, -0.15) is 0 Å². The zero-order valence-electron chi connectivity index (χ0n) is 25.9. The average molecular weight is 567 g/mol. The monoisotopic (exact) mass is 566 g/mol. The Kier molecular flexibility index (Phi) is 14.2. The highest BCUT2D eigenvalue weighted by atomic mass is 28.4. The highest BCUT2D eigenvalue weighted by Gasteiger charge is 2.50. The molecule has 0 spiro atoms. The van der Waals surface area contributed by atoms with Crippen molar-refractivity contribution in [1.82, 2.24) is 0 Å². The van der Waals surface area contributed by atoms with Crippen LogP contribution in [0.1, 0.15) is 67.9 Å². The number of aliphatic hydroxyl groups is 1. The summed E-state index contributed by atoms with van der Waals surface area (Å²) in [5, 5.41) is 9.76. The maximum Gasteiger partial charge on any atom is 0.192 e. The van der Waals surface area contributed by atoms with Crippen LogP contribution in [0.3, 0.4) is 0 Å². The molecule has 1 saturated heterocycles. The van der Waals surface area contributed by atoms with Crippen LogP contribution in [-0.2, 0) is 24.9 Å². The van der Waals surface area contributed by atoms with E-state index < -0.39 is 16.6 Å². The number of benzene rings is 1. The SMILES string of the molecule is CC[Si](CC)(CC)O[C@@H]([C@@H](C)[C@@H]1O[C@H]1CO)[C@H](C)[C@@H](O[Si](CC)(CC)CC)[C@@H](C)COCc1ccccc1. The van der Waals surface area contributed by atoms with Crippen molar-refractivity contribution in [2.24, 2.45) is 17.8 Å². The van der Waals surface area contributed by atoms with Crippen molar-refractivity contribution in [2.75, 3.05) is 13.2 Å². The predicted molar refractivity (Wildman–Crippen MR) is 163 cm³/mol. The lowest BCUT2D eigenvalue weighted by atomic mass is 9.83. The molecule has 7 heteroatoms. The second-order valence-electron chi connectivity index (χ2n) is 11.7. The van der Waals surface area contributed by atoms with Crippen LogP contribution in [0, 0.1) is 17.8 Å². The Morgan fingerprint density at radius 3 is 1.74 bits per heavy atom. The lowest BCUT2D eigenvalue weighted by Crippen LogP contribution is -2.53. The molecule has 5 nitrogen and oxygen atoms in total. The van der Waals surface area contributed by atoms with Gasteiger partial charge in [0.15, 0.2) is 16.6 Å². The summed E-state index contributed by atoms with van der Waals surface area (Å²) in [6.45, 7) is 22.1. The Hall–Kier alpha value is -0.546. The van der Waals surface area contributed by atoms with Gasteiger partial charge in [0.1, 0.15) is 6.10 Å². The van der Waals surface area contributed by atoms with Gasteiger partial charge in [-0.25, -0.2) is 0 Å². The summed E-state index contributed by atoms with van der Waals surface area (Å²) in [6.07, 6.45) is 0.0708. The summed E-state index contributed by atoms with van der Waals surface area (Å²) in [7, 11) is -3.76. The average Bonchev–Trinajstić information content (AvgIpc) is 3.75. The van der Waals surface area contributed by atoms with Crippen molar-refractivity contribution in [3.05, 3.63) is 35.9 Å². The van der Waals surface area contributed by atoms with E-state index in [1.54, 1.807) is 0 Å². The summed E-state index contributed by atoms with van der Waals surface area (Å²) in [5.41, 5.74) is 1.20. The number of ether oxygens (including phenoxy) is 2. The highest BCUT2D eigenvalue weighted by Crippen LogP contribution is 2.41. The van der Waals surface area contributed by atoms with Crippen molar-refractivity contribution in [1.29, 1.82) is 0 Å². The molecule has 220 valence electrons. The fourth-order valence-electron chi connectivity index (χ4n) is 6.18. The van der Waals surface area contributed by atoms with E-state index in [9.17, 15) is 5.11 Å². The highest BCUT2D eigenvalue weighted by molar-refractivity contribution is 6.74. The first-order valence-corrected chi connectivity index (χ1v) is 20.5. The maximum absolute atomic E-state index is 9.76. The summed E-state index contributed by atoms with van der Waals surface area (Å²) in [5.74, 6) is 0.623. The standard InChI is InChI=1S/C31H58O5Si2/c1-10-37(11-2,12-3)35-29(24(7)22-33-23-27-19-17-16-18-20-27)25(8)30(26(9)31-28(21-32)34-31)36-38(13-4,14-5)15-6/h16-20,24-26,28-32H,10-15,21-23H2,1-9H3/t24-,25+,26+,28-,29-,30+,31-/m0/s1. The predicted octanol–water partition coefficient (Wildman–Crippen LogP) is 7.65. The Morgan fingerprint density at radius 2 is 1.29 bits per heavy atom. The second kappa shape index (κ2) is 16.0. The van der Waals surface area contributed by atoms with Crippen LogP contribution in [0.4, 0.5) is 0 Å². The summed E-state index contributed by atoms with van der Waals surface area (Å²) >= 11 is 0.